The first-order valence-corrected chi connectivity index (χ1v) is 8.69. The summed E-state index contributed by atoms with van der Waals surface area (Å²) in [5.41, 5.74) is 8.16. The molecule has 0 saturated carbocycles. The highest BCUT2D eigenvalue weighted by Gasteiger charge is 2.13. The molecule has 0 fully saturated rings. The minimum Gasteiger partial charge on any atom is -0.436 e. The summed E-state index contributed by atoms with van der Waals surface area (Å²) in [6, 6.07) is 9.96. The van der Waals surface area contributed by atoms with E-state index in [4.69, 9.17) is 10.2 Å². The lowest BCUT2D eigenvalue weighted by Crippen LogP contribution is -1.95. The number of rotatable bonds is 2. The summed E-state index contributed by atoms with van der Waals surface area (Å²) in [5, 5.41) is 0. The van der Waals surface area contributed by atoms with Gasteiger partial charge in [0.05, 0.1) is 4.90 Å². The summed E-state index contributed by atoms with van der Waals surface area (Å²) < 4.78 is 29.5. The lowest BCUT2D eigenvalue weighted by Gasteiger charge is -1.99. The van der Waals surface area contributed by atoms with Crippen molar-refractivity contribution in [2.24, 2.45) is 0 Å². The van der Waals surface area contributed by atoms with E-state index in [2.05, 4.69) is 20.9 Å². The zero-order valence-electron chi connectivity index (χ0n) is 11.0. The molecule has 1 heterocycles. The van der Waals surface area contributed by atoms with Gasteiger partial charge in [0.1, 0.15) is 5.52 Å². The van der Waals surface area contributed by atoms with Crippen molar-refractivity contribution >= 4 is 42.6 Å². The van der Waals surface area contributed by atoms with Crippen molar-refractivity contribution < 1.29 is 12.8 Å². The summed E-state index contributed by atoms with van der Waals surface area (Å²) in [6.45, 7) is 0. The number of nitrogens with two attached hydrogens (primary N) is 1. The van der Waals surface area contributed by atoms with Gasteiger partial charge in [0.25, 0.3) is 0 Å². The molecule has 7 heteroatoms. The molecule has 0 spiro atoms. The Kier molecular flexibility index (Phi) is 3.26. The van der Waals surface area contributed by atoms with Crippen molar-refractivity contribution in [1.82, 2.24) is 4.98 Å². The van der Waals surface area contributed by atoms with Crippen LogP contribution in [0.2, 0.25) is 0 Å². The van der Waals surface area contributed by atoms with Gasteiger partial charge in [-0.15, -0.1) is 0 Å². The average Bonchev–Trinajstić information content (AvgIpc) is 2.83. The van der Waals surface area contributed by atoms with Gasteiger partial charge in [0.2, 0.25) is 5.89 Å². The van der Waals surface area contributed by atoms with Gasteiger partial charge < -0.3 is 10.2 Å². The highest BCUT2D eigenvalue weighted by atomic mass is 79.9. The molecule has 2 N–H and O–H groups in total. The van der Waals surface area contributed by atoms with E-state index < -0.39 is 9.84 Å². The molecular formula is C14H11BrN2O3S. The lowest BCUT2D eigenvalue weighted by molar-refractivity contribution is 0.602. The number of nitrogens with zero attached hydrogens (tertiary/aromatic N) is 1. The van der Waals surface area contributed by atoms with Gasteiger partial charge in [-0.2, -0.15) is 0 Å². The second-order valence-electron chi connectivity index (χ2n) is 4.66. The second kappa shape index (κ2) is 4.85. The Bertz CT molecular complexity index is 948. The van der Waals surface area contributed by atoms with Gasteiger partial charge in [-0.05, 0) is 52.3 Å². The quantitative estimate of drug-likeness (QED) is 0.703. The van der Waals surface area contributed by atoms with E-state index in [0.29, 0.717) is 22.7 Å². The van der Waals surface area contributed by atoms with Crippen LogP contribution < -0.4 is 5.73 Å². The third-order valence-corrected chi connectivity index (χ3v) is 4.83. The van der Waals surface area contributed by atoms with Crippen molar-refractivity contribution in [3.8, 4) is 11.5 Å². The molecule has 0 aliphatic carbocycles. The fraction of sp³-hybridized carbons (Fsp3) is 0.0714. The number of aromatic nitrogens is 1. The Balaban J connectivity index is 2.14. The van der Waals surface area contributed by atoms with E-state index >= 15 is 0 Å². The van der Waals surface area contributed by atoms with Crippen LogP contribution in [0.4, 0.5) is 5.69 Å². The number of hydrogen-bond donors (Lipinski definition) is 1. The maximum Gasteiger partial charge on any atom is 0.227 e. The van der Waals surface area contributed by atoms with Crippen LogP contribution in [0.3, 0.4) is 0 Å². The smallest absolute Gasteiger partial charge is 0.227 e. The number of fused-ring (bicyclic) bond motifs is 1. The SMILES string of the molecule is CS(=O)(=O)c1ccc2oc(-c3ccc(N)c(Br)c3)nc2c1. The molecule has 0 bridgehead atoms. The molecule has 1 aromatic heterocycles. The summed E-state index contributed by atoms with van der Waals surface area (Å²) in [7, 11) is -3.27. The zero-order valence-corrected chi connectivity index (χ0v) is 13.4. The van der Waals surface area contributed by atoms with Gasteiger partial charge in [-0.3, -0.25) is 0 Å². The molecule has 5 nitrogen and oxygen atoms in total. The molecule has 0 amide bonds. The van der Waals surface area contributed by atoms with Crippen molar-refractivity contribution in [2.75, 3.05) is 12.0 Å². The highest BCUT2D eigenvalue weighted by molar-refractivity contribution is 9.10. The molecule has 0 aliphatic rings. The van der Waals surface area contributed by atoms with Gasteiger partial charge in [-0.1, -0.05) is 0 Å². The standard InChI is InChI=1S/C14H11BrN2O3S/c1-21(18,19)9-3-5-13-12(7-9)17-14(20-13)8-2-4-11(16)10(15)6-8/h2-7H,16H2,1H3. The van der Waals surface area contributed by atoms with E-state index in [1.54, 1.807) is 24.3 Å². The first-order valence-electron chi connectivity index (χ1n) is 6.00. The highest BCUT2D eigenvalue weighted by Crippen LogP contribution is 2.29. The van der Waals surface area contributed by atoms with E-state index in [-0.39, 0.29) is 4.90 Å². The van der Waals surface area contributed by atoms with Crippen molar-refractivity contribution in [1.29, 1.82) is 0 Å². The molecule has 3 rings (SSSR count). The second-order valence-corrected chi connectivity index (χ2v) is 7.53. The van der Waals surface area contributed by atoms with E-state index in [9.17, 15) is 8.42 Å². The van der Waals surface area contributed by atoms with Crippen LogP contribution in [-0.2, 0) is 9.84 Å². The van der Waals surface area contributed by atoms with Crippen LogP contribution in [-0.4, -0.2) is 19.7 Å². The molecule has 0 atom stereocenters. The van der Waals surface area contributed by atoms with Crippen LogP contribution in [0.25, 0.3) is 22.6 Å². The maximum atomic E-state index is 11.6. The number of sulfone groups is 1. The number of hydrogen-bond acceptors (Lipinski definition) is 5. The number of oxazole rings is 1. The Morgan fingerprint density at radius 1 is 1.19 bits per heavy atom. The van der Waals surface area contributed by atoms with Gasteiger partial charge in [0, 0.05) is 22.0 Å². The summed E-state index contributed by atoms with van der Waals surface area (Å²) in [5.74, 6) is 0.413. The molecule has 108 valence electrons. The lowest BCUT2D eigenvalue weighted by atomic mass is 10.2. The fourth-order valence-corrected chi connectivity index (χ4v) is 2.94. The Hall–Kier alpha value is -1.86. The number of anilines is 1. The Morgan fingerprint density at radius 2 is 1.95 bits per heavy atom. The van der Waals surface area contributed by atoms with Crippen molar-refractivity contribution in [3.63, 3.8) is 0 Å². The van der Waals surface area contributed by atoms with Crippen molar-refractivity contribution in [3.05, 3.63) is 40.9 Å². The normalized spacial score (nSPS) is 11.9. The topological polar surface area (TPSA) is 86.2 Å². The molecule has 0 unspecified atom stereocenters. The van der Waals surface area contributed by atoms with Crippen LogP contribution in [0.15, 0.2) is 50.2 Å². The monoisotopic (exact) mass is 366 g/mol. The minimum absolute atomic E-state index is 0.216. The molecule has 0 aliphatic heterocycles. The number of nitrogen functional groups attached to an aromatic ring is 1. The number of halogens is 1. The van der Waals surface area contributed by atoms with Crippen molar-refractivity contribution in [2.45, 2.75) is 4.90 Å². The van der Waals surface area contributed by atoms with Crippen LogP contribution in [0, 0.1) is 0 Å². The Morgan fingerprint density at radius 3 is 2.62 bits per heavy atom. The molecule has 0 saturated heterocycles. The predicted molar refractivity (Wildman–Crippen MR) is 84.7 cm³/mol. The molecule has 2 aromatic carbocycles. The van der Waals surface area contributed by atoms with Gasteiger partial charge in [0.15, 0.2) is 15.4 Å². The summed E-state index contributed by atoms with van der Waals surface area (Å²) >= 11 is 3.35. The molecule has 0 radical (unpaired) electrons. The van der Waals surface area contributed by atoms with E-state index in [1.165, 1.54) is 12.1 Å². The molecule has 21 heavy (non-hydrogen) atoms. The molecular weight excluding hydrogens is 356 g/mol. The Labute approximate surface area is 129 Å². The number of benzene rings is 2. The first kappa shape index (κ1) is 14.1. The summed E-state index contributed by atoms with van der Waals surface area (Å²) in [6.07, 6.45) is 1.16. The average molecular weight is 367 g/mol. The van der Waals surface area contributed by atoms with Gasteiger partial charge in [-0.25, -0.2) is 13.4 Å². The fourth-order valence-electron chi connectivity index (χ4n) is 1.92. The minimum atomic E-state index is -3.27. The zero-order chi connectivity index (χ0) is 15.2. The van der Waals surface area contributed by atoms with Crippen LogP contribution in [0.1, 0.15) is 0 Å². The first-order chi connectivity index (χ1) is 9.84. The van der Waals surface area contributed by atoms with E-state index in [0.717, 1.165) is 16.3 Å². The van der Waals surface area contributed by atoms with Crippen LogP contribution >= 0.6 is 15.9 Å². The van der Waals surface area contributed by atoms with Crippen LogP contribution in [0.5, 0.6) is 0 Å². The largest absolute Gasteiger partial charge is 0.436 e. The third kappa shape index (κ3) is 2.66. The maximum absolute atomic E-state index is 11.6. The van der Waals surface area contributed by atoms with E-state index in [1.807, 2.05) is 0 Å². The third-order valence-electron chi connectivity index (χ3n) is 3.03. The summed E-state index contributed by atoms with van der Waals surface area (Å²) in [4.78, 5) is 4.55. The van der Waals surface area contributed by atoms with Gasteiger partial charge >= 0.3 is 0 Å². The predicted octanol–water partition coefficient (Wildman–Crippen LogP) is 3.24. The molecule has 3 aromatic rings.